The molecule has 7 heteroatoms. The van der Waals surface area contributed by atoms with Gasteiger partial charge in [-0.2, -0.15) is 9.97 Å². The maximum atomic E-state index is 6.61. The summed E-state index contributed by atoms with van der Waals surface area (Å²) in [4.78, 5) is 16.0. The number of furan rings is 3. The Balaban J connectivity index is 0.915. The highest BCUT2D eigenvalue weighted by atomic mass is 16.3. The highest BCUT2D eigenvalue weighted by Gasteiger charge is 2.23. The smallest absolute Gasteiger partial charge is 0.238 e. The Morgan fingerprint density at radius 1 is 0.263 bits per heavy atom. The van der Waals surface area contributed by atoms with Crippen molar-refractivity contribution in [3.8, 4) is 73.2 Å². The molecule has 0 saturated heterocycles. The van der Waals surface area contributed by atoms with Gasteiger partial charge in [0.05, 0.1) is 11.0 Å². The average Bonchev–Trinajstić information content (AvgIpc) is 4.32. The van der Waals surface area contributed by atoms with E-state index in [1.165, 1.54) is 0 Å². The number of fused-ring (bicyclic) bond motifs is 12. The molecule has 0 atom stereocenters. The van der Waals surface area contributed by atoms with E-state index in [0.717, 1.165) is 143 Å². The molecule has 5 aromatic heterocycles. The van der Waals surface area contributed by atoms with Gasteiger partial charge in [-0.1, -0.05) is 188 Å². The molecule has 0 amide bonds. The molecule has 0 aliphatic heterocycles. The molecule has 354 valence electrons. The monoisotopic (exact) mass is 972 g/mol. The van der Waals surface area contributed by atoms with Crippen LogP contribution < -0.4 is 0 Å². The number of hydrogen-bond acceptors (Lipinski definition) is 6. The van der Waals surface area contributed by atoms with Crippen LogP contribution in [0.2, 0.25) is 0 Å². The van der Waals surface area contributed by atoms with Crippen molar-refractivity contribution in [3.05, 3.63) is 243 Å². The molecule has 0 bridgehead atoms. The first-order valence-corrected chi connectivity index (χ1v) is 25.5. The molecule has 76 heavy (non-hydrogen) atoms. The van der Waals surface area contributed by atoms with Gasteiger partial charge in [0, 0.05) is 70.9 Å². The van der Waals surface area contributed by atoms with Gasteiger partial charge in [-0.3, -0.25) is 4.57 Å². The number of rotatable bonds is 7. The summed E-state index contributed by atoms with van der Waals surface area (Å²) in [5.74, 6) is 1.59. The van der Waals surface area contributed by atoms with Crippen LogP contribution in [0.25, 0.3) is 161 Å². The Kier molecular flexibility index (Phi) is 9.20. The number of aromatic nitrogens is 4. The number of benzene rings is 11. The molecule has 0 N–H and O–H groups in total. The predicted octanol–water partition coefficient (Wildman–Crippen LogP) is 18.7. The standard InChI is InChI=1S/C69H40N4O3/c1-2-15-41(16-3-1)67-70-68(47-33-35-54-51-21-4-7-30-60(51)74-63(54)40-47)72-69(71-67)73-59-36-34-46(50-26-14-29-57-53-23-6-9-32-62(53)76-66(50)57)39-58(59)55-27-12-24-48(64(55)73)44-19-10-17-42(37-44)43-18-11-20-45(38-43)49-25-13-28-56-52-22-5-8-31-61(52)75-65(49)56/h1-40H. The molecule has 7 nitrogen and oxygen atoms in total. The van der Waals surface area contributed by atoms with Gasteiger partial charge in [0.2, 0.25) is 5.95 Å². The van der Waals surface area contributed by atoms with Crippen LogP contribution in [0.15, 0.2) is 256 Å². The van der Waals surface area contributed by atoms with Crippen molar-refractivity contribution < 1.29 is 13.3 Å². The molecule has 0 unspecified atom stereocenters. The van der Waals surface area contributed by atoms with Gasteiger partial charge in [0.25, 0.3) is 0 Å². The maximum Gasteiger partial charge on any atom is 0.238 e. The van der Waals surface area contributed by atoms with Crippen LogP contribution in [0.5, 0.6) is 0 Å². The molecule has 16 rings (SSSR count). The Morgan fingerprint density at radius 3 is 1.38 bits per heavy atom. The highest BCUT2D eigenvalue weighted by molar-refractivity contribution is 6.16. The summed E-state index contributed by atoms with van der Waals surface area (Å²) in [6.45, 7) is 0. The van der Waals surface area contributed by atoms with Crippen LogP contribution in [0.1, 0.15) is 0 Å². The molecule has 0 saturated carbocycles. The summed E-state index contributed by atoms with van der Waals surface area (Å²) >= 11 is 0. The Bertz CT molecular complexity index is 5020. The van der Waals surface area contributed by atoms with Crippen molar-refractivity contribution in [1.29, 1.82) is 0 Å². The van der Waals surface area contributed by atoms with Crippen LogP contribution in [-0.4, -0.2) is 19.5 Å². The van der Waals surface area contributed by atoms with E-state index in [1.54, 1.807) is 0 Å². The fraction of sp³-hybridized carbons (Fsp3) is 0. The van der Waals surface area contributed by atoms with Crippen molar-refractivity contribution in [2.45, 2.75) is 0 Å². The zero-order valence-corrected chi connectivity index (χ0v) is 40.6. The van der Waals surface area contributed by atoms with Crippen molar-refractivity contribution in [3.63, 3.8) is 0 Å². The molecule has 0 aliphatic carbocycles. The Labute approximate surface area is 434 Å². The molecule has 0 fully saturated rings. The third kappa shape index (κ3) is 6.59. The average molecular weight is 973 g/mol. The van der Waals surface area contributed by atoms with Gasteiger partial charge >= 0.3 is 0 Å². The lowest BCUT2D eigenvalue weighted by molar-refractivity contribution is 0.669. The Morgan fingerprint density at radius 2 is 0.724 bits per heavy atom. The predicted molar refractivity (Wildman–Crippen MR) is 309 cm³/mol. The molecular weight excluding hydrogens is 933 g/mol. The van der Waals surface area contributed by atoms with E-state index >= 15 is 0 Å². The van der Waals surface area contributed by atoms with Crippen molar-refractivity contribution in [1.82, 2.24) is 19.5 Å². The Hall–Kier alpha value is -10.4. The molecule has 16 aromatic rings. The lowest BCUT2D eigenvalue weighted by Crippen LogP contribution is -2.07. The van der Waals surface area contributed by atoms with Crippen LogP contribution in [0.3, 0.4) is 0 Å². The minimum atomic E-state index is 0.497. The summed E-state index contributed by atoms with van der Waals surface area (Å²) in [6.07, 6.45) is 0. The van der Waals surface area contributed by atoms with Gasteiger partial charge in [0.15, 0.2) is 11.6 Å². The second kappa shape index (κ2) is 16.6. The fourth-order valence-corrected chi connectivity index (χ4v) is 11.5. The lowest BCUT2D eigenvalue weighted by Gasteiger charge is -2.14. The van der Waals surface area contributed by atoms with Crippen LogP contribution in [-0.2, 0) is 0 Å². The third-order valence-electron chi connectivity index (χ3n) is 15.1. The number of para-hydroxylation sites is 6. The van der Waals surface area contributed by atoms with Crippen LogP contribution in [0, 0.1) is 0 Å². The van der Waals surface area contributed by atoms with Crippen LogP contribution >= 0.6 is 0 Å². The van der Waals surface area contributed by atoms with Gasteiger partial charge < -0.3 is 13.3 Å². The van der Waals surface area contributed by atoms with Gasteiger partial charge in [-0.15, -0.1) is 0 Å². The van der Waals surface area contributed by atoms with Crippen molar-refractivity contribution >= 4 is 87.6 Å². The second-order valence-electron chi connectivity index (χ2n) is 19.4. The van der Waals surface area contributed by atoms with E-state index < -0.39 is 0 Å². The third-order valence-corrected chi connectivity index (χ3v) is 15.1. The van der Waals surface area contributed by atoms with Gasteiger partial charge in [0.1, 0.15) is 33.5 Å². The molecular formula is C69H40N4O3. The second-order valence-corrected chi connectivity index (χ2v) is 19.4. The van der Waals surface area contributed by atoms with E-state index in [-0.39, 0.29) is 0 Å². The summed E-state index contributed by atoms with van der Waals surface area (Å²) in [7, 11) is 0. The summed E-state index contributed by atoms with van der Waals surface area (Å²) in [6, 6.07) is 84.6. The van der Waals surface area contributed by atoms with E-state index in [9.17, 15) is 0 Å². The summed E-state index contributed by atoms with van der Waals surface area (Å²) in [5, 5.41) is 8.62. The molecule has 11 aromatic carbocycles. The number of hydrogen-bond donors (Lipinski definition) is 0. The summed E-state index contributed by atoms with van der Waals surface area (Å²) in [5.41, 5.74) is 17.2. The van der Waals surface area contributed by atoms with Crippen molar-refractivity contribution in [2.24, 2.45) is 0 Å². The van der Waals surface area contributed by atoms with E-state index in [0.29, 0.717) is 17.6 Å². The minimum Gasteiger partial charge on any atom is -0.456 e. The topological polar surface area (TPSA) is 83.0 Å². The first-order valence-electron chi connectivity index (χ1n) is 25.5. The molecule has 5 heterocycles. The molecule has 0 aliphatic rings. The fourth-order valence-electron chi connectivity index (χ4n) is 11.5. The molecule has 0 radical (unpaired) electrons. The zero-order valence-electron chi connectivity index (χ0n) is 40.6. The SMILES string of the molecule is c1ccc(-c2nc(-c3ccc4c(c3)oc3ccccc34)nc(-n3c4ccc(-c5cccc6c5oc5ccccc56)cc4c4cccc(-c5cccc(-c6cccc(-c7cccc8c7oc7ccccc78)c6)c5)c43)n2)cc1. The van der Waals surface area contributed by atoms with E-state index in [4.69, 9.17) is 28.2 Å². The first kappa shape index (κ1) is 42.2. The molecule has 0 spiro atoms. The van der Waals surface area contributed by atoms with Gasteiger partial charge in [-0.25, -0.2) is 4.98 Å². The van der Waals surface area contributed by atoms with Crippen molar-refractivity contribution in [2.75, 3.05) is 0 Å². The number of nitrogens with zero attached hydrogens (tertiary/aromatic N) is 4. The lowest BCUT2D eigenvalue weighted by atomic mass is 9.95. The van der Waals surface area contributed by atoms with Crippen LogP contribution in [0.4, 0.5) is 0 Å². The maximum absolute atomic E-state index is 6.61. The summed E-state index contributed by atoms with van der Waals surface area (Å²) < 4.78 is 21.8. The van der Waals surface area contributed by atoms with Gasteiger partial charge in [-0.05, 0) is 82.4 Å². The van der Waals surface area contributed by atoms with E-state index in [2.05, 4.69) is 168 Å². The minimum absolute atomic E-state index is 0.497. The quantitative estimate of drug-likeness (QED) is 0.158. The largest absolute Gasteiger partial charge is 0.456 e. The van der Waals surface area contributed by atoms with E-state index in [1.807, 2.05) is 78.9 Å². The zero-order chi connectivity index (χ0) is 49.8. The normalized spacial score (nSPS) is 11.9. The first-order chi connectivity index (χ1) is 37.6. The highest BCUT2D eigenvalue weighted by Crippen LogP contribution is 2.44.